The Balaban J connectivity index is 2.19. The van der Waals surface area contributed by atoms with Crippen molar-refractivity contribution in [2.24, 2.45) is 5.92 Å². The molecule has 0 saturated carbocycles. The molecule has 0 fully saturated rings. The standard InChI is InChI=1S/C11H20N2O2/c1-9(2)4-5-14-8-11-6-10(7-12-3)13-15-11/h6,9,12H,4-5,7-8H2,1-3H3. The van der Waals surface area contributed by atoms with Gasteiger partial charge in [-0.3, -0.25) is 0 Å². The van der Waals surface area contributed by atoms with Crippen LogP contribution in [0.15, 0.2) is 10.6 Å². The Morgan fingerprint density at radius 2 is 2.33 bits per heavy atom. The highest BCUT2D eigenvalue weighted by Crippen LogP contribution is 2.06. The second-order valence-corrected chi connectivity index (χ2v) is 4.05. The predicted octanol–water partition coefficient (Wildman–Crippen LogP) is 1.96. The smallest absolute Gasteiger partial charge is 0.162 e. The third kappa shape index (κ3) is 4.95. The molecule has 1 aromatic heterocycles. The van der Waals surface area contributed by atoms with Gasteiger partial charge >= 0.3 is 0 Å². The van der Waals surface area contributed by atoms with Crippen LogP contribution in [0.2, 0.25) is 0 Å². The molecule has 1 N–H and O–H groups in total. The molecule has 15 heavy (non-hydrogen) atoms. The lowest BCUT2D eigenvalue weighted by Gasteiger charge is -2.03. The highest BCUT2D eigenvalue weighted by Gasteiger charge is 2.03. The summed E-state index contributed by atoms with van der Waals surface area (Å²) in [6.45, 7) is 6.39. The summed E-state index contributed by atoms with van der Waals surface area (Å²) in [6.07, 6.45) is 1.08. The van der Waals surface area contributed by atoms with E-state index < -0.39 is 0 Å². The number of nitrogens with one attached hydrogen (secondary N) is 1. The molecule has 4 heteroatoms. The largest absolute Gasteiger partial charge is 0.373 e. The molecule has 0 amide bonds. The second kappa shape index (κ2) is 6.58. The van der Waals surface area contributed by atoms with E-state index in [4.69, 9.17) is 9.26 Å². The van der Waals surface area contributed by atoms with E-state index in [0.717, 1.165) is 31.0 Å². The van der Waals surface area contributed by atoms with Crippen molar-refractivity contribution < 1.29 is 9.26 Å². The molecule has 86 valence electrons. The lowest BCUT2D eigenvalue weighted by molar-refractivity contribution is 0.0924. The van der Waals surface area contributed by atoms with Crippen LogP contribution >= 0.6 is 0 Å². The van der Waals surface area contributed by atoms with E-state index in [1.807, 2.05) is 13.1 Å². The van der Waals surface area contributed by atoms with Gasteiger partial charge in [0.25, 0.3) is 0 Å². The SMILES string of the molecule is CNCc1cc(COCCC(C)C)on1. The molecule has 0 unspecified atom stereocenters. The molecule has 0 saturated heterocycles. The zero-order valence-corrected chi connectivity index (χ0v) is 9.75. The monoisotopic (exact) mass is 212 g/mol. The van der Waals surface area contributed by atoms with Crippen LogP contribution in [0, 0.1) is 5.92 Å². The maximum Gasteiger partial charge on any atom is 0.162 e. The Morgan fingerprint density at radius 3 is 3.00 bits per heavy atom. The molecule has 1 heterocycles. The lowest BCUT2D eigenvalue weighted by Crippen LogP contribution is -2.04. The van der Waals surface area contributed by atoms with Crippen molar-refractivity contribution in [1.29, 1.82) is 0 Å². The molecule has 1 aromatic rings. The lowest BCUT2D eigenvalue weighted by atomic mass is 10.1. The van der Waals surface area contributed by atoms with Crippen molar-refractivity contribution in [3.63, 3.8) is 0 Å². The van der Waals surface area contributed by atoms with Gasteiger partial charge in [0.15, 0.2) is 5.76 Å². The van der Waals surface area contributed by atoms with Gasteiger partial charge in [-0.2, -0.15) is 0 Å². The molecule has 0 spiro atoms. The van der Waals surface area contributed by atoms with Crippen molar-refractivity contribution in [3.05, 3.63) is 17.5 Å². The highest BCUT2D eigenvalue weighted by molar-refractivity contribution is 5.03. The maximum atomic E-state index is 5.47. The average molecular weight is 212 g/mol. The van der Waals surface area contributed by atoms with Crippen molar-refractivity contribution in [3.8, 4) is 0 Å². The van der Waals surface area contributed by atoms with E-state index in [1.54, 1.807) is 0 Å². The van der Waals surface area contributed by atoms with Crippen LogP contribution < -0.4 is 5.32 Å². The van der Waals surface area contributed by atoms with Crippen LogP contribution in [0.1, 0.15) is 31.7 Å². The van der Waals surface area contributed by atoms with Crippen LogP contribution in [-0.2, 0) is 17.9 Å². The quantitative estimate of drug-likeness (QED) is 0.702. The second-order valence-electron chi connectivity index (χ2n) is 4.05. The fourth-order valence-electron chi connectivity index (χ4n) is 1.18. The number of ether oxygens (including phenoxy) is 1. The van der Waals surface area contributed by atoms with Crippen LogP contribution in [0.5, 0.6) is 0 Å². The molecule has 0 aromatic carbocycles. The molecule has 1 rings (SSSR count). The molecule has 0 bridgehead atoms. The third-order valence-electron chi connectivity index (χ3n) is 2.05. The van der Waals surface area contributed by atoms with E-state index in [0.29, 0.717) is 12.5 Å². The van der Waals surface area contributed by atoms with Gasteiger partial charge in [-0.15, -0.1) is 0 Å². The first kappa shape index (κ1) is 12.2. The molecule has 0 aliphatic heterocycles. The van der Waals surface area contributed by atoms with E-state index in [9.17, 15) is 0 Å². The number of rotatable bonds is 7. The minimum absolute atomic E-state index is 0.517. The summed E-state index contributed by atoms with van der Waals surface area (Å²) in [5, 5.41) is 6.92. The first-order chi connectivity index (χ1) is 7.22. The number of hydrogen-bond donors (Lipinski definition) is 1. The van der Waals surface area contributed by atoms with Gasteiger partial charge < -0.3 is 14.6 Å². The topological polar surface area (TPSA) is 47.3 Å². The van der Waals surface area contributed by atoms with Crippen molar-refractivity contribution in [2.45, 2.75) is 33.4 Å². The van der Waals surface area contributed by atoms with Gasteiger partial charge in [-0.05, 0) is 19.4 Å². The first-order valence-electron chi connectivity index (χ1n) is 5.39. The molecule has 4 nitrogen and oxygen atoms in total. The Morgan fingerprint density at radius 1 is 1.53 bits per heavy atom. The molecule has 0 radical (unpaired) electrons. The molecule has 0 atom stereocenters. The average Bonchev–Trinajstić information content (AvgIpc) is 2.61. The summed E-state index contributed by atoms with van der Waals surface area (Å²) >= 11 is 0. The van der Waals surface area contributed by atoms with Crippen molar-refractivity contribution >= 4 is 0 Å². The first-order valence-corrected chi connectivity index (χ1v) is 5.39. The Kier molecular flexibility index (Phi) is 5.36. The fourth-order valence-corrected chi connectivity index (χ4v) is 1.18. The third-order valence-corrected chi connectivity index (χ3v) is 2.05. The van der Waals surface area contributed by atoms with Crippen LogP contribution in [-0.4, -0.2) is 18.8 Å². The van der Waals surface area contributed by atoms with Crippen LogP contribution in [0.3, 0.4) is 0 Å². The molecule has 0 aliphatic rings. The normalized spacial score (nSPS) is 11.2. The highest BCUT2D eigenvalue weighted by atomic mass is 16.5. The van der Waals surface area contributed by atoms with Gasteiger partial charge in [0.2, 0.25) is 0 Å². The minimum Gasteiger partial charge on any atom is -0.373 e. The molecular formula is C11H20N2O2. The van der Waals surface area contributed by atoms with Crippen molar-refractivity contribution in [1.82, 2.24) is 10.5 Å². The van der Waals surface area contributed by atoms with Gasteiger partial charge in [-0.1, -0.05) is 19.0 Å². The van der Waals surface area contributed by atoms with E-state index >= 15 is 0 Å². The maximum absolute atomic E-state index is 5.47. The summed E-state index contributed by atoms with van der Waals surface area (Å²) in [6, 6.07) is 1.92. The summed E-state index contributed by atoms with van der Waals surface area (Å²) in [4.78, 5) is 0. The predicted molar refractivity (Wildman–Crippen MR) is 58.4 cm³/mol. The summed E-state index contributed by atoms with van der Waals surface area (Å²) in [5.74, 6) is 1.48. The Labute approximate surface area is 91.0 Å². The van der Waals surface area contributed by atoms with Crippen molar-refractivity contribution in [2.75, 3.05) is 13.7 Å². The zero-order valence-electron chi connectivity index (χ0n) is 9.75. The molecule has 0 aliphatic carbocycles. The van der Waals surface area contributed by atoms with E-state index in [-0.39, 0.29) is 0 Å². The minimum atomic E-state index is 0.517. The Hall–Kier alpha value is -0.870. The fraction of sp³-hybridized carbons (Fsp3) is 0.727. The Bertz CT molecular complexity index is 271. The molecular weight excluding hydrogens is 192 g/mol. The van der Waals surface area contributed by atoms with Gasteiger partial charge in [-0.25, -0.2) is 0 Å². The van der Waals surface area contributed by atoms with Gasteiger partial charge in [0.1, 0.15) is 6.61 Å². The van der Waals surface area contributed by atoms with Gasteiger partial charge in [0, 0.05) is 19.2 Å². The van der Waals surface area contributed by atoms with Crippen LogP contribution in [0.25, 0.3) is 0 Å². The summed E-state index contributed by atoms with van der Waals surface area (Å²) in [5.41, 5.74) is 0.917. The van der Waals surface area contributed by atoms with Gasteiger partial charge in [0.05, 0.1) is 5.69 Å². The van der Waals surface area contributed by atoms with Crippen LogP contribution in [0.4, 0.5) is 0 Å². The van der Waals surface area contributed by atoms with E-state index in [1.165, 1.54) is 0 Å². The number of nitrogens with zero attached hydrogens (tertiary/aromatic N) is 1. The summed E-state index contributed by atoms with van der Waals surface area (Å²) < 4.78 is 10.6. The zero-order chi connectivity index (χ0) is 11.1. The van der Waals surface area contributed by atoms with E-state index in [2.05, 4.69) is 24.3 Å². The number of aromatic nitrogens is 1. The summed E-state index contributed by atoms with van der Waals surface area (Å²) in [7, 11) is 1.88. The number of hydrogen-bond acceptors (Lipinski definition) is 4.